The van der Waals surface area contributed by atoms with Crippen LogP contribution in [0.3, 0.4) is 0 Å². The van der Waals surface area contributed by atoms with Gasteiger partial charge in [-0.15, -0.1) is 0 Å². The molecular weight excluding hydrogens is 398 g/mol. The standard InChI is InChI=1S/C22H27N5O4/c1-14-20(15(2)24-22(23-14)26-7-9-31-10-8-26)25-21(29)16-11-19(28)27(13-16)17-5-4-6-18(12-17)30-3/h4-6,12,16H,7-11,13H2,1-3H3,(H,25,29). The molecule has 1 atom stereocenters. The molecule has 3 heterocycles. The van der Waals surface area contributed by atoms with Gasteiger partial charge in [0.2, 0.25) is 17.8 Å². The van der Waals surface area contributed by atoms with Gasteiger partial charge in [0.25, 0.3) is 0 Å². The van der Waals surface area contributed by atoms with Crippen LogP contribution in [0.1, 0.15) is 17.8 Å². The summed E-state index contributed by atoms with van der Waals surface area (Å²) >= 11 is 0. The molecule has 0 radical (unpaired) electrons. The minimum atomic E-state index is -0.448. The third-order valence-corrected chi connectivity index (χ3v) is 5.66. The van der Waals surface area contributed by atoms with E-state index in [0.717, 1.165) is 18.8 Å². The van der Waals surface area contributed by atoms with Gasteiger partial charge in [0, 0.05) is 37.8 Å². The number of anilines is 3. The first-order valence-corrected chi connectivity index (χ1v) is 10.4. The number of carbonyl (C=O) groups excluding carboxylic acids is 2. The highest BCUT2D eigenvalue weighted by molar-refractivity contribution is 6.03. The summed E-state index contributed by atoms with van der Waals surface area (Å²) in [5.74, 6) is 0.586. The molecule has 0 spiro atoms. The van der Waals surface area contributed by atoms with Crippen molar-refractivity contribution in [3.63, 3.8) is 0 Å². The average molecular weight is 425 g/mol. The van der Waals surface area contributed by atoms with Crippen molar-refractivity contribution in [2.75, 3.05) is 55.1 Å². The zero-order valence-corrected chi connectivity index (χ0v) is 18.1. The molecule has 2 fully saturated rings. The molecule has 4 rings (SSSR count). The summed E-state index contributed by atoms with van der Waals surface area (Å²) < 4.78 is 10.6. The summed E-state index contributed by atoms with van der Waals surface area (Å²) in [6, 6.07) is 7.28. The van der Waals surface area contributed by atoms with Gasteiger partial charge < -0.3 is 24.6 Å². The Hall–Kier alpha value is -3.20. The van der Waals surface area contributed by atoms with E-state index in [0.29, 0.717) is 48.5 Å². The van der Waals surface area contributed by atoms with Crippen molar-refractivity contribution in [1.82, 2.24) is 9.97 Å². The second-order valence-corrected chi connectivity index (χ2v) is 7.76. The van der Waals surface area contributed by atoms with Crippen LogP contribution in [0.15, 0.2) is 24.3 Å². The number of carbonyl (C=O) groups is 2. The number of nitrogens with one attached hydrogen (secondary N) is 1. The highest BCUT2D eigenvalue weighted by atomic mass is 16.5. The zero-order valence-electron chi connectivity index (χ0n) is 18.1. The predicted octanol–water partition coefficient (Wildman–Crippen LogP) is 1.93. The van der Waals surface area contributed by atoms with E-state index < -0.39 is 5.92 Å². The number of rotatable bonds is 5. The van der Waals surface area contributed by atoms with Gasteiger partial charge in [-0.1, -0.05) is 6.07 Å². The molecule has 9 nitrogen and oxygen atoms in total. The lowest BCUT2D eigenvalue weighted by molar-refractivity contribution is -0.122. The molecule has 9 heteroatoms. The van der Waals surface area contributed by atoms with Gasteiger partial charge in [0.05, 0.1) is 43.3 Å². The molecule has 0 saturated carbocycles. The van der Waals surface area contributed by atoms with Crippen LogP contribution in [0.25, 0.3) is 0 Å². The van der Waals surface area contributed by atoms with Crippen molar-refractivity contribution >= 4 is 29.1 Å². The molecule has 2 aliphatic heterocycles. The van der Waals surface area contributed by atoms with Gasteiger partial charge in [-0.2, -0.15) is 0 Å². The Morgan fingerprint density at radius 1 is 1.19 bits per heavy atom. The lowest BCUT2D eigenvalue weighted by atomic mass is 10.1. The van der Waals surface area contributed by atoms with Crippen LogP contribution in [0.4, 0.5) is 17.3 Å². The number of hydrogen-bond donors (Lipinski definition) is 1. The second-order valence-electron chi connectivity index (χ2n) is 7.76. The van der Waals surface area contributed by atoms with E-state index in [1.807, 2.05) is 32.0 Å². The predicted molar refractivity (Wildman–Crippen MR) is 117 cm³/mol. The van der Waals surface area contributed by atoms with E-state index in [1.165, 1.54) is 0 Å². The normalized spacial score (nSPS) is 18.9. The maximum atomic E-state index is 13.0. The Kier molecular flexibility index (Phi) is 6.03. The Morgan fingerprint density at radius 3 is 2.58 bits per heavy atom. The van der Waals surface area contributed by atoms with Crippen molar-refractivity contribution in [2.24, 2.45) is 5.92 Å². The maximum absolute atomic E-state index is 13.0. The molecule has 2 aromatic rings. The van der Waals surface area contributed by atoms with Crippen molar-refractivity contribution < 1.29 is 19.1 Å². The molecule has 1 aromatic carbocycles. The lowest BCUT2D eigenvalue weighted by Gasteiger charge is -2.27. The van der Waals surface area contributed by atoms with Gasteiger partial charge in [-0.25, -0.2) is 9.97 Å². The molecule has 1 unspecified atom stereocenters. The van der Waals surface area contributed by atoms with E-state index in [4.69, 9.17) is 9.47 Å². The minimum absolute atomic E-state index is 0.0826. The quantitative estimate of drug-likeness (QED) is 0.782. The first-order valence-electron chi connectivity index (χ1n) is 10.4. The molecule has 1 N–H and O–H groups in total. The van der Waals surface area contributed by atoms with Gasteiger partial charge in [-0.3, -0.25) is 9.59 Å². The number of aromatic nitrogens is 2. The van der Waals surface area contributed by atoms with E-state index in [9.17, 15) is 9.59 Å². The summed E-state index contributed by atoms with van der Waals surface area (Å²) in [7, 11) is 1.58. The number of nitrogens with zero attached hydrogens (tertiary/aromatic N) is 4. The van der Waals surface area contributed by atoms with Crippen LogP contribution in [0.5, 0.6) is 5.75 Å². The van der Waals surface area contributed by atoms with E-state index in [1.54, 1.807) is 18.1 Å². The molecule has 2 saturated heterocycles. The third kappa shape index (κ3) is 4.46. The van der Waals surface area contributed by atoms with E-state index in [-0.39, 0.29) is 18.2 Å². The number of benzene rings is 1. The van der Waals surface area contributed by atoms with Crippen LogP contribution >= 0.6 is 0 Å². The molecular formula is C22H27N5O4. The zero-order chi connectivity index (χ0) is 22.0. The summed E-state index contributed by atoms with van der Waals surface area (Å²) in [4.78, 5) is 38.4. The summed E-state index contributed by atoms with van der Waals surface area (Å²) in [6.45, 7) is 6.83. The van der Waals surface area contributed by atoms with E-state index in [2.05, 4.69) is 20.2 Å². The van der Waals surface area contributed by atoms with Crippen LogP contribution in [0.2, 0.25) is 0 Å². The van der Waals surface area contributed by atoms with Gasteiger partial charge >= 0.3 is 0 Å². The lowest BCUT2D eigenvalue weighted by Crippen LogP contribution is -2.37. The summed E-state index contributed by atoms with van der Waals surface area (Å²) in [5.41, 5.74) is 2.74. The third-order valence-electron chi connectivity index (χ3n) is 5.66. The monoisotopic (exact) mass is 425 g/mol. The number of amides is 2. The fraction of sp³-hybridized carbons (Fsp3) is 0.455. The number of aryl methyl sites for hydroxylation is 2. The van der Waals surface area contributed by atoms with Crippen LogP contribution in [0, 0.1) is 19.8 Å². The Labute approximate surface area is 181 Å². The van der Waals surface area contributed by atoms with Gasteiger partial charge in [0.15, 0.2) is 0 Å². The molecule has 0 aliphatic carbocycles. The Balaban J connectivity index is 1.46. The highest BCUT2D eigenvalue weighted by Gasteiger charge is 2.35. The minimum Gasteiger partial charge on any atom is -0.497 e. The Morgan fingerprint density at radius 2 is 1.90 bits per heavy atom. The Bertz CT molecular complexity index is 967. The van der Waals surface area contributed by atoms with Crippen LogP contribution in [-0.2, 0) is 14.3 Å². The van der Waals surface area contributed by atoms with Crippen molar-refractivity contribution in [3.8, 4) is 5.75 Å². The van der Waals surface area contributed by atoms with Gasteiger partial charge in [0.1, 0.15) is 5.75 Å². The molecule has 1 aromatic heterocycles. The topological polar surface area (TPSA) is 96.9 Å². The summed E-state index contributed by atoms with van der Waals surface area (Å²) in [5, 5.41) is 2.95. The first-order chi connectivity index (χ1) is 15.0. The van der Waals surface area contributed by atoms with E-state index >= 15 is 0 Å². The fourth-order valence-corrected chi connectivity index (χ4v) is 3.92. The molecule has 164 valence electrons. The molecule has 0 bridgehead atoms. The van der Waals surface area contributed by atoms with Gasteiger partial charge in [-0.05, 0) is 26.0 Å². The van der Waals surface area contributed by atoms with Crippen molar-refractivity contribution in [2.45, 2.75) is 20.3 Å². The number of morpholine rings is 1. The smallest absolute Gasteiger partial charge is 0.229 e. The number of hydrogen-bond acceptors (Lipinski definition) is 7. The van der Waals surface area contributed by atoms with Crippen molar-refractivity contribution in [1.29, 1.82) is 0 Å². The van der Waals surface area contributed by atoms with Crippen LogP contribution in [-0.4, -0.2) is 61.7 Å². The molecule has 2 amide bonds. The largest absolute Gasteiger partial charge is 0.497 e. The molecule has 2 aliphatic rings. The highest BCUT2D eigenvalue weighted by Crippen LogP contribution is 2.29. The van der Waals surface area contributed by atoms with Crippen LogP contribution < -0.4 is 19.9 Å². The molecule has 31 heavy (non-hydrogen) atoms. The first kappa shape index (κ1) is 21.0. The fourth-order valence-electron chi connectivity index (χ4n) is 3.92. The van der Waals surface area contributed by atoms with Crippen molar-refractivity contribution in [3.05, 3.63) is 35.7 Å². The SMILES string of the molecule is COc1cccc(N2CC(C(=O)Nc3c(C)nc(N4CCOCC4)nc3C)CC2=O)c1. The number of ether oxygens (including phenoxy) is 2. The average Bonchev–Trinajstić information content (AvgIpc) is 3.18. The summed E-state index contributed by atoms with van der Waals surface area (Å²) in [6.07, 6.45) is 0.161. The maximum Gasteiger partial charge on any atom is 0.229 e. The second kappa shape index (κ2) is 8.89. The number of methoxy groups -OCH3 is 1.